The molecule has 18 heavy (non-hydrogen) atoms. The van der Waals surface area contributed by atoms with Crippen LogP contribution in [0.2, 0.25) is 0 Å². The zero-order valence-electron chi connectivity index (χ0n) is 10.8. The molecular formula is C14H20N2O2. The van der Waals surface area contributed by atoms with E-state index in [4.69, 9.17) is 15.2 Å². The van der Waals surface area contributed by atoms with Crippen LogP contribution in [0.15, 0.2) is 18.2 Å². The van der Waals surface area contributed by atoms with Crippen molar-refractivity contribution in [3.8, 4) is 11.5 Å². The number of nitrogens with zero attached hydrogens (tertiary/aromatic N) is 1. The molecule has 3 rings (SSSR count). The van der Waals surface area contributed by atoms with Gasteiger partial charge in [0.05, 0.1) is 0 Å². The number of piperidine rings is 1. The molecule has 2 atom stereocenters. The minimum atomic E-state index is 0.266. The summed E-state index contributed by atoms with van der Waals surface area (Å²) in [7, 11) is 2.13. The average molecular weight is 248 g/mol. The van der Waals surface area contributed by atoms with Gasteiger partial charge < -0.3 is 20.1 Å². The predicted octanol–water partition coefficient (Wildman–Crippen LogP) is 1.20. The third-order valence-electron chi connectivity index (χ3n) is 3.70. The van der Waals surface area contributed by atoms with E-state index < -0.39 is 0 Å². The van der Waals surface area contributed by atoms with Gasteiger partial charge in [-0.1, -0.05) is 6.07 Å². The molecular weight excluding hydrogens is 228 g/mol. The highest BCUT2D eigenvalue weighted by Gasteiger charge is 2.25. The van der Waals surface area contributed by atoms with Gasteiger partial charge in [0, 0.05) is 19.1 Å². The molecule has 0 radical (unpaired) electrons. The number of hydrogen-bond acceptors (Lipinski definition) is 4. The Bertz CT molecular complexity index is 426. The molecule has 1 fully saturated rings. The number of rotatable bonds is 1. The van der Waals surface area contributed by atoms with E-state index in [1.807, 2.05) is 6.07 Å². The van der Waals surface area contributed by atoms with E-state index in [0.29, 0.717) is 19.1 Å². The maximum atomic E-state index is 6.09. The monoisotopic (exact) mass is 248 g/mol. The second-order valence-electron chi connectivity index (χ2n) is 5.32. The van der Waals surface area contributed by atoms with Crippen LogP contribution in [-0.4, -0.2) is 44.3 Å². The molecule has 4 heteroatoms. The molecule has 2 aliphatic rings. The Morgan fingerprint density at radius 1 is 1.17 bits per heavy atom. The Morgan fingerprint density at radius 2 is 1.94 bits per heavy atom. The highest BCUT2D eigenvalue weighted by molar-refractivity contribution is 5.45. The summed E-state index contributed by atoms with van der Waals surface area (Å²) in [5.41, 5.74) is 7.40. The number of nitrogens with two attached hydrogens (primary N) is 1. The molecule has 0 bridgehead atoms. The Balaban J connectivity index is 1.83. The van der Waals surface area contributed by atoms with Crippen molar-refractivity contribution in [1.29, 1.82) is 0 Å². The number of hydrogen-bond donors (Lipinski definition) is 1. The third-order valence-corrected chi connectivity index (χ3v) is 3.70. The van der Waals surface area contributed by atoms with Crippen molar-refractivity contribution in [1.82, 2.24) is 4.90 Å². The van der Waals surface area contributed by atoms with Crippen LogP contribution in [-0.2, 0) is 0 Å². The summed E-state index contributed by atoms with van der Waals surface area (Å²) >= 11 is 0. The Kier molecular flexibility index (Phi) is 3.14. The van der Waals surface area contributed by atoms with Gasteiger partial charge in [-0.2, -0.15) is 0 Å². The van der Waals surface area contributed by atoms with Crippen LogP contribution in [0.1, 0.15) is 17.9 Å². The van der Waals surface area contributed by atoms with Crippen molar-refractivity contribution in [2.24, 2.45) is 5.73 Å². The van der Waals surface area contributed by atoms with Crippen LogP contribution in [0.4, 0.5) is 0 Å². The van der Waals surface area contributed by atoms with E-state index in [1.165, 1.54) is 5.56 Å². The van der Waals surface area contributed by atoms with Crippen LogP contribution in [0, 0.1) is 0 Å². The summed E-state index contributed by atoms with van der Waals surface area (Å²) in [6, 6.07) is 6.54. The minimum absolute atomic E-state index is 0.266. The lowest BCUT2D eigenvalue weighted by Gasteiger charge is -2.34. The maximum Gasteiger partial charge on any atom is 0.161 e. The van der Waals surface area contributed by atoms with Crippen molar-refractivity contribution >= 4 is 0 Å². The summed E-state index contributed by atoms with van der Waals surface area (Å²) in [4.78, 5) is 2.30. The lowest BCUT2D eigenvalue weighted by molar-refractivity contribution is 0.170. The molecule has 0 aromatic heterocycles. The SMILES string of the molecule is CN1C[C@H](N)C[C@H](c2ccc3c(c2)OCCO3)C1. The van der Waals surface area contributed by atoms with Gasteiger partial charge in [-0.25, -0.2) is 0 Å². The molecule has 1 aromatic rings. The zero-order chi connectivity index (χ0) is 12.5. The fourth-order valence-electron chi connectivity index (χ4n) is 2.92. The van der Waals surface area contributed by atoms with Gasteiger partial charge in [0.2, 0.25) is 0 Å². The lowest BCUT2D eigenvalue weighted by Crippen LogP contribution is -2.44. The van der Waals surface area contributed by atoms with Gasteiger partial charge >= 0.3 is 0 Å². The first-order valence-corrected chi connectivity index (χ1v) is 6.56. The standard InChI is InChI=1S/C14H20N2O2/c1-16-8-11(6-12(15)9-16)10-2-3-13-14(7-10)18-5-4-17-13/h2-3,7,11-12H,4-6,8-9,15H2,1H3/t11-,12+/m0/s1. The first-order chi connectivity index (χ1) is 8.72. The van der Waals surface area contributed by atoms with E-state index in [-0.39, 0.29) is 6.04 Å². The second kappa shape index (κ2) is 4.78. The first kappa shape index (κ1) is 11.8. The molecule has 2 heterocycles. The van der Waals surface area contributed by atoms with Gasteiger partial charge in [0.25, 0.3) is 0 Å². The molecule has 0 amide bonds. The van der Waals surface area contributed by atoms with Crippen molar-refractivity contribution in [3.05, 3.63) is 23.8 Å². The molecule has 1 saturated heterocycles. The van der Waals surface area contributed by atoms with Crippen molar-refractivity contribution in [3.63, 3.8) is 0 Å². The molecule has 2 N–H and O–H groups in total. The van der Waals surface area contributed by atoms with E-state index in [1.54, 1.807) is 0 Å². The van der Waals surface area contributed by atoms with Crippen LogP contribution in [0.25, 0.3) is 0 Å². The van der Waals surface area contributed by atoms with Crippen molar-refractivity contribution in [2.75, 3.05) is 33.4 Å². The number of likely N-dealkylation sites (N-methyl/N-ethyl adjacent to an activating group) is 1. The highest BCUT2D eigenvalue weighted by atomic mass is 16.6. The number of ether oxygens (including phenoxy) is 2. The molecule has 0 spiro atoms. The normalized spacial score (nSPS) is 28.1. The van der Waals surface area contributed by atoms with Gasteiger partial charge in [0.15, 0.2) is 11.5 Å². The van der Waals surface area contributed by atoms with Crippen molar-refractivity contribution < 1.29 is 9.47 Å². The number of fused-ring (bicyclic) bond motifs is 1. The first-order valence-electron chi connectivity index (χ1n) is 6.56. The minimum Gasteiger partial charge on any atom is -0.486 e. The van der Waals surface area contributed by atoms with E-state index in [2.05, 4.69) is 24.1 Å². The van der Waals surface area contributed by atoms with Crippen LogP contribution >= 0.6 is 0 Å². The summed E-state index contributed by atoms with van der Waals surface area (Å²) in [5.74, 6) is 2.23. The summed E-state index contributed by atoms with van der Waals surface area (Å²) in [6.45, 7) is 3.33. The number of benzene rings is 1. The van der Waals surface area contributed by atoms with Gasteiger partial charge in [-0.3, -0.25) is 0 Å². The molecule has 98 valence electrons. The van der Waals surface area contributed by atoms with Gasteiger partial charge in [-0.15, -0.1) is 0 Å². The molecule has 0 unspecified atom stereocenters. The van der Waals surface area contributed by atoms with Crippen LogP contribution in [0.5, 0.6) is 11.5 Å². The highest BCUT2D eigenvalue weighted by Crippen LogP contribution is 2.35. The predicted molar refractivity (Wildman–Crippen MR) is 70.3 cm³/mol. The fraction of sp³-hybridized carbons (Fsp3) is 0.571. The van der Waals surface area contributed by atoms with Crippen LogP contribution in [0.3, 0.4) is 0 Å². The molecule has 0 saturated carbocycles. The lowest BCUT2D eigenvalue weighted by atomic mass is 9.88. The summed E-state index contributed by atoms with van der Waals surface area (Å²) in [5, 5.41) is 0. The van der Waals surface area contributed by atoms with Crippen LogP contribution < -0.4 is 15.2 Å². The maximum absolute atomic E-state index is 6.09. The smallest absolute Gasteiger partial charge is 0.161 e. The van der Waals surface area contributed by atoms with E-state index in [0.717, 1.165) is 31.0 Å². The zero-order valence-corrected chi connectivity index (χ0v) is 10.8. The van der Waals surface area contributed by atoms with Crippen molar-refractivity contribution in [2.45, 2.75) is 18.4 Å². The largest absolute Gasteiger partial charge is 0.486 e. The fourth-order valence-corrected chi connectivity index (χ4v) is 2.92. The molecule has 1 aromatic carbocycles. The third kappa shape index (κ3) is 2.31. The molecule has 4 nitrogen and oxygen atoms in total. The van der Waals surface area contributed by atoms with E-state index in [9.17, 15) is 0 Å². The second-order valence-corrected chi connectivity index (χ2v) is 5.32. The van der Waals surface area contributed by atoms with Gasteiger partial charge in [-0.05, 0) is 37.1 Å². The quantitative estimate of drug-likeness (QED) is 0.811. The number of likely N-dealkylation sites (tertiary alicyclic amines) is 1. The average Bonchev–Trinajstić information content (AvgIpc) is 2.37. The van der Waals surface area contributed by atoms with Gasteiger partial charge in [0.1, 0.15) is 13.2 Å². The Labute approximate surface area is 108 Å². The molecule has 0 aliphatic carbocycles. The topological polar surface area (TPSA) is 47.7 Å². The Morgan fingerprint density at radius 3 is 2.72 bits per heavy atom. The Hall–Kier alpha value is -1.26. The summed E-state index contributed by atoms with van der Waals surface area (Å²) in [6.07, 6.45) is 1.05. The molecule has 2 aliphatic heterocycles. The summed E-state index contributed by atoms with van der Waals surface area (Å²) < 4.78 is 11.2. The van der Waals surface area contributed by atoms with E-state index >= 15 is 0 Å².